The Morgan fingerprint density at radius 2 is 1.94 bits per heavy atom. The molecule has 34 heavy (non-hydrogen) atoms. The first-order valence-electron chi connectivity index (χ1n) is 11.7. The maximum atomic E-state index is 12.9. The maximum Gasteiger partial charge on any atom is 0.411 e. The van der Waals surface area contributed by atoms with Crippen molar-refractivity contribution in [3.05, 3.63) is 72.3 Å². The molecule has 1 amide bonds. The molecule has 0 unspecified atom stereocenters. The van der Waals surface area contributed by atoms with E-state index in [1.807, 2.05) is 56.3 Å². The number of aromatic nitrogens is 3. The molecule has 7 heteroatoms. The zero-order valence-corrected chi connectivity index (χ0v) is 19.4. The van der Waals surface area contributed by atoms with Crippen molar-refractivity contribution in [2.24, 2.45) is 5.92 Å². The van der Waals surface area contributed by atoms with Crippen LogP contribution in [0.2, 0.25) is 0 Å². The van der Waals surface area contributed by atoms with Gasteiger partial charge in [-0.15, -0.1) is 0 Å². The largest absolute Gasteiger partial charge is 0.447 e. The second-order valence-electron chi connectivity index (χ2n) is 9.15. The van der Waals surface area contributed by atoms with Gasteiger partial charge in [0.1, 0.15) is 5.82 Å². The number of benzene rings is 2. The van der Waals surface area contributed by atoms with Crippen molar-refractivity contribution in [2.45, 2.75) is 45.8 Å². The molecule has 1 aliphatic rings. The molecule has 5 rings (SSSR count). The molecule has 7 nitrogen and oxygen atoms in total. The Labute approximate surface area is 198 Å². The van der Waals surface area contributed by atoms with Crippen molar-refractivity contribution in [1.29, 1.82) is 0 Å². The van der Waals surface area contributed by atoms with Gasteiger partial charge in [0.05, 0.1) is 12.5 Å². The lowest BCUT2D eigenvalue weighted by Crippen LogP contribution is -2.17. The molecule has 0 radical (unpaired) electrons. The van der Waals surface area contributed by atoms with E-state index in [-0.39, 0.29) is 18.3 Å². The lowest BCUT2D eigenvalue weighted by Gasteiger charge is -2.12. The molecule has 174 valence electrons. The summed E-state index contributed by atoms with van der Waals surface area (Å²) < 4.78 is 7.48. The number of nitrogens with one attached hydrogen (secondary N) is 2. The van der Waals surface area contributed by atoms with E-state index in [1.165, 1.54) is 12.8 Å². The quantitative estimate of drug-likeness (QED) is 0.327. The Morgan fingerprint density at radius 3 is 2.62 bits per heavy atom. The second kappa shape index (κ2) is 9.17. The summed E-state index contributed by atoms with van der Waals surface area (Å²) in [6.45, 7) is 4.56. The van der Waals surface area contributed by atoms with Gasteiger partial charge >= 0.3 is 6.09 Å². The van der Waals surface area contributed by atoms with E-state index in [0.717, 1.165) is 28.7 Å². The van der Waals surface area contributed by atoms with E-state index in [1.54, 1.807) is 12.4 Å². The highest BCUT2D eigenvalue weighted by Gasteiger charge is 2.24. The van der Waals surface area contributed by atoms with Gasteiger partial charge in [0.15, 0.2) is 5.78 Å². The van der Waals surface area contributed by atoms with E-state index >= 15 is 0 Å². The number of carbonyl (C=O) groups excluding carboxylic acids is 2. The predicted molar refractivity (Wildman–Crippen MR) is 132 cm³/mol. The lowest BCUT2D eigenvalue weighted by molar-refractivity contribution is 0.0991. The Kier molecular flexibility index (Phi) is 5.92. The molecule has 1 fully saturated rings. The first-order valence-corrected chi connectivity index (χ1v) is 11.7. The predicted octanol–water partition coefficient (Wildman–Crippen LogP) is 5.82. The van der Waals surface area contributed by atoms with Crippen LogP contribution in [0.1, 0.15) is 42.9 Å². The number of hydrogen-bond donors (Lipinski definition) is 2. The molecule has 2 N–H and O–H groups in total. The summed E-state index contributed by atoms with van der Waals surface area (Å²) in [6.07, 6.45) is 5.47. The maximum absolute atomic E-state index is 12.9. The molecule has 1 aliphatic carbocycles. The number of imidazole rings is 1. The molecular formula is C27H28N4O3. The van der Waals surface area contributed by atoms with Gasteiger partial charge in [0, 0.05) is 46.8 Å². The minimum Gasteiger partial charge on any atom is -0.447 e. The third kappa shape index (κ3) is 4.88. The third-order valence-electron chi connectivity index (χ3n) is 6.02. The molecule has 0 saturated heterocycles. The summed E-state index contributed by atoms with van der Waals surface area (Å²) in [6, 6.07) is 15.9. The van der Waals surface area contributed by atoms with Gasteiger partial charge in [0.25, 0.3) is 0 Å². The Hall–Kier alpha value is -3.87. The fraction of sp³-hybridized carbons (Fsp3) is 0.296. The number of carbonyl (C=O) groups is 2. The van der Waals surface area contributed by atoms with Gasteiger partial charge in [0.2, 0.25) is 0 Å². The second-order valence-corrected chi connectivity index (χ2v) is 9.15. The van der Waals surface area contributed by atoms with Crippen molar-refractivity contribution in [3.8, 4) is 11.3 Å². The molecule has 4 aromatic rings. The van der Waals surface area contributed by atoms with Crippen LogP contribution >= 0.6 is 0 Å². The monoisotopic (exact) mass is 456 g/mol. The van der Waals surface area contributed by atoms with Gasteiger partial charge in [-0.05, 0) is 62.4 Å². The average Bonchev–Trinajstić information content (AvgIpc) is 3.34. The summed E-state index contributed by atoms with van der Waals surface area (Å²) in [7, 11) is 0. The number of ketones is 1. The summed E-state index contributed by atoms with van der Waals surface area (Å²) in [4.78, 5) is 31.9. The van der Waals surface area contributed by atoms with Crippen LogP contribution in [-0.4, -0.2) is 32.5 Å². The fourth-order valence-electron chi connectivity index (χ4n) is 4.16. The average molecular weight is 457 g/mol. The number of amides is 1. The van der Waals surface area contributed by atoms with Crippen LogP contribution in [0.4, 0.5) is 10.5 Å². The number of Topliss-reactive ketones (excluding diaryl/α,β-unsaturated/α-hetero) is 1. The highest BCUT2D eigenvalue weighted by atomic mass is 16.6. The van der Waals surface area contributed by atoms with Crippen LogP contribution in [0.5, 0.6) is 0 Å². The van der Waals surface area contributed by atoms with Gasteiger partial charge in [-0.2, -0.15) is 0 Å². The number of ether oxygens (including phenoxy) is 1. The number of aromatic amines is 1. The highest BCUT2D eigenvalue weighted by Crippen LogP contribution is 2.36. The molecule has 0 aliphatic heterocycles. The molecular weight excluding hydrogens is 428 g/mol. The van der Waals surface area contributed by atoms with Crippen LogP contribution in [0.15, 0.2) is 60.9 Å². The minimum absolute atomic E-state index is 0.0429. The number of rotatable bonds is 8. The van der Waals surface area contributed by atoms with Crippen LogP contribution in [0.25, 0.3) is 22.2 Å². The molecule has 1 saturated carbocycles. The normalized spacial score (nSPS) is 13.4. The third-order valence-corrected chi connectivity index (χ3v) is 6.02. The first kappa shape index (κ1) is 21.9. The number of anilines is 1. The zero-order chi connectivity index (χ0) is 23.7. The standard InChI is InChI=1S/C27H28N4O3/c1-17(2)34-27(33)30-22-9-7-19(8-10-22)23-13-20-5-6-21(25(32)15-26-28-11-12-29-26)14-24(20)31(23)16-18-3-4-18/h5-14,17-18H,3-4,15-16H2,1-2H3,(H,28,29)(H,30,33). The first-order chi connectivity index (χ1) is 16.5. The smallest absolute Gasteiger partial charge is 0.411 e. The Balaban J connectivity index is 1.44. The SMILES string of the molecule is CC(C)OC(=O)Nc1ccc(-c2cc3ccc(C(=O)Cc4ncc[nH]4)cc3n2CC2CC2)cc1. The van der Waals surface area contributed by atoms with Crippen molar-refractivity contribution < 1.29 is 14.3 Å². The van der Waals surface area contributed by atoms with Crippen LogP contribution in [0.3, 0.4) is 0 Å². The molecule has 0 atom stereocenters. The Bertz CT molecular complexity index is 1320. The summed E-state index contributed by atoms with van der Waals surface area (Å²) in [5, 5.41) is 3.86. The number of nitrogens with zero attached hydrogens (tertiary/aromatic N) is 2. The van der Waals surface area contributed by atoms with E-state index in [4.69, 9.17) is 4.74 Å². The number of hydrogen-bond acceptors (Lipinski definition) is 4. The summed E-state index contributed by atoms with van der Waals surface area (Å²) >= 11 is 0. The van der Waals surface area contributed by atoms with E-state index in [9.17, 15) is 9.59 Å². The highest BCUT2D eigenvalue weighted by molar-refractivity contribution is 6.01. The van der Waals surface area contributed by atoms with Crippen molar-refractivity contribution in [3.63, 3.8) is 0 Å². The van der Waals surface area contributed by atoms with Gasteiger partial charge in [-0.1, -0.05) is 24.3 Å². The molecule has 0 bridgehead atoms. The lowest BCUT2D eigenvalue weighted by atomic mass is 10.1. The topological polar surface area (TPSA) is 89.0 Å². The molecule has 2 aromatic carbocycles. The van der Waals surface area contributed by atoms with E-state index in [0.29, 0.717) is 23.0 Å². The van der Waals surface area contributed by atoms with Crippen molar-refractivity contribution in [1.82, 2.24) is 14.5 Å². The van der Waals surface area contributed by atoms with E-state index < -0.39 is 6.09 Å². The molecule has 2 heterocycles. The van der Waals surface area contributed by atoms with Crippen molar-refractivity contribution >= 4 is 28.5 Å². The Morgan fingerprint density at radius 1 is 1.15 bits per heavy atom. The number of H-pyrrole nitrogens is 1. The van der Waals surface area contributed by atoms with Crippen LogP contribution < -0.4 is 5.32 Å². The van der Waals surface area contributed by atoms with Crippen LogP contribution in [-0.2, 0) is 17.7 Å². The van der Waals surface area contributed by atoms with Gasteiger partial charge in [-0.3, -0.25) is 10.1 Å². The van der Waals surface area contributed by atoms with Crippen molar-refractivity contribution in [2.75, 3.05) is 5.32 Å². The summed E-state index contributed by atoms with van der Waals surface area (Å²) in [5.74, 6) is 1.38. The van der Waals surface area contributed by atoms with Crippen LogP contribution in [0, 0.1) is 5.92 Å². The van der Waals surface area contributed by atoms with Gasteiger partial charge in [-0.25, -0.2) is 9.78 Å². The zero-order valence-electron chi connectivity index (χ0n) is 19.4. The van der Waals surface area contributed by atoms with Gasteiger partial charge < -0.3 is 14.3 Å². The molecule has 2 aromatic heterocycles. The number of fused-ring (bicyclic) bond motifs is 1. The minimum atomic E-state index is -0.461. The van der Waals surface area contributed by atoms with E-state index in [2.05, 4.69) is 25.9 Å². The summed E-state index contributed by atoms with van der Waals surface area (Å²) in [5.41, 5.74) is 4.60. The molecule has 0 spiro atoms. The fourth-order valence-corrected chi connectivity index (χ4v) is 4.16.